The van der Waals surface area contributed by atoms with Crippen LogP contribution in [-0.4, -0.2) is 37.2 Å². The van der Waals surface area contributed by atoms with Gasteiger partial charge in [0.25, 0.3) is 5.91 Å². The second kappa shape index (κ2) is 7.59. The van der Waals surface area contributed by atoms with Crippen LogP contribution in [0.5, 0.6) is 0 Å². The lowest BCUT2D eigenvalue weighted by molar-refractivity contribution is -0.139. The van der Waals surface area contributed by atoms with E-state index in [9.17, 15) is 9.59 Å². The van der Waals surface area contributed by atoms with Gasteiger partial charge in [0.1, 0.15) is 0 Å². The highest BCUT2D eigenvalue weighted by Gasteiger charge is 2.42. The molecule has 1 aromatic carbocycles. The first-order chi connectivity index (χ1) is 10.9. The summed E-state index contributed by atoms with van der Waals surface area (Å²) in [5, 5.41) is 2.84. The van der Waals surface area contributed by atoms with E-state index < -0.39 is 11.6 Å². The fraction of sp³-hybridized carbons (Fsp3) is 0.556. The van der Waals surface area contributed by atoms with Gasteiger partial charge in [0, 0.05) is 26.2 Å². The molecule has 23 heavy (non-hydrogen) atoms. The maximum atomic E-state index is 12.4. The number of esters is 1. The van der Waals surface area contributed by atoms with Gasteiger partial charge >= 0.3 is 5.97 Å². The second-order valence-corrected chi connectivity index (χ2v) is 6.53. The van der Waals surface area contributed by atoms with E-state index in [0.29, 0.717) is 31.1 Å². The van der Waals surface area contributed by atoms with Gasteiger partial charge in [-0.05, 0) is 30.9 Å². The van der Waals surface area contributed by atoms with Crippen molar-refractivity contribution in [2.75, 3.05) is 19.8 Å². The number of hydrogen-bond donors (Lipinski definition) is 1. The predicted octanol–water partition coefficient (Wildman–Crippen LogP) is 2.34. The molecule has 0 bridgehead atoms. The first-order valence-corrected chi connectivity index (χ1v) is 8.09. The fourth-order valence-corrected chi connectivity index (χ4v) is 2.54. The molecule has 0 saturated carbocycles. The van der Waals surface area contributed by atoms with Gasteiger partial charge < -0.3 is 14.8 Å². The first kappa shape index (κ1) is 17.5. The summed E-state index contributed by atoms with van der Waals surface area (Å²) < 4.78 is 10.9. The molecule has 2 rings (SSSR count). The number of carbonyl (C=O) groups excluding carboxylic acids is 2. The Balaban J connectivity index is 1.84. The van der Waals surface area contributed by atoms with Crippen molar-refractivity contribution in [3.05, 3.63) is 35.4 Å². The van der Waals surface area contributed by atoms with Gasteiger partial charge in [-0.3, -0.25) is 4.79 Å². The number of rotatable bonds is 7. The van der Waals surface area contributed by atoms with E-state index in [-0.39, 0.29) is 5.91 Å². The quantitative estimate of drug-likeness (QED) is 0.619. The van der Waals surface area contributed by atoms with E-state index in [1.807, 2.05) is 12.1 Å². The molecule has 1 atom stereocenters. The number of hydrogen-bond acceptors (Lipinski definition) is 4. The third kappa shape index (κ3) is 4.55. The fourth-order valence-electron chi connectivity index (χ4n) is 2.54. The molecule has 1 aromatic rings. The Morgan fingerprint density at radius 3 is 2.87 bits per heavy atom. The summed E-state index contributed by atoms with van der Waals surface area (Å²) >= 11 is 0. The molecule has 1 unspecified atom stereocenters. The molecule has 0 saturated heterocycles. The van der Waals surface area contributed by atoms with Gasteiger partial charge in [-0.1, -0.05) is 32.0 Å². The lowest BCUT2D eigenvalue weighted by Crippen LogP contribution is -2.51. The molecule has 1 aliphatic rings. The topological polar surface area (TPSA) is 64.6 Å². The molecule has 0 aliphatic carbocycles. The summed E-state index contributed by atoms with van der Waals surface area (Å²) in [5.41, 5.74) is 0.242. The summed E-state index contributed by atoms with van der Waals surface area (Å²) in [4.78, 5) is 24.4. The van der Waals surface area contributed by atoms with Crippen molar-refractivity contribution in [1.29, 1.82) is 0 Å². The molecule has 0 fully saturated rings. The molecule has 126 valence electrons. The summed E-state index contributed by atoms with van der Waals surface area (Å²) in [7, 11) is 0. The normalized spacial score (nSPS) is 20.1. The number of nitrogens with one attached hydrogen (secondary N) is 1. The average molecular weight is 319 g/mol. The van der Waals surface area contributed by atoms with Crippen molar-refractivity contribution in [2.45, 2.75) is 39.2 Å². The molecular weight excluding hydrogens is 294 g/mol. The number of carbonyl (C=O) groups is 2. The molecule has 0 spiro atoms. The van der Waals surface area contributed by atoms with Gasteiger partial charge in [-0.25, -0.2) is 4.79 Å². The van der Waals surface area contributed by atoms with E-state index in [1.54, 1.807) is 19.1 Å². The predicted molar refractivity (Wildman–Crippen MR) is 87.3 cm³/mol. The third-order valence-electron chi connectivity index (χ3n) is 3.77. The summed E-state index contributed by atoms with van der Waals surface area (Å²) in [5.74, 6) is -0.195. The van der Waals surface area contributed by atoms with Crippen molar-refractivity contribution < 1.29 is 19.1 Å². The molecule has 5 heteroatoms. The minimum Gasteiger partial charge on any atom is -0.445 e. The van der Waals surface area contributed by atoms with Gasteiger partial charge in [-0.2, -0.15) is 0 Å². The van der Waals surface area contributed by atoms with Crippen LogP contribution in [0.4, 0.5) is 0 Å². The van der Waals surface area contributed by atoms with Crippen molar-refractivity contribution in [2.24, 2.45) is 5.92 Å². The first-order valence-electron chi connectivity index (χ1n) is 8.09. The number of benzene rings is 1. The number of ether oxygens (including phenoxy) is 2. The summed E-state index contributed by atoms with van der Waals surface area (Å²) in [6.45, 7) is 7.69. The number of cyclic esters (lactones) is 1. The Bertz CT molecular complexity index is 570. The monoisotopic (exact) mass is 319 g/mol. The molecular formula is C18H25NO4. The zero-order valence-corrected chi connectivity index (χ0v) is 14.1. The maximum absolute atomic E-state index is 12.4. The van der Waals surface area contributed by atoms with Crippen LogP contribution in [-0.2, 0) is 20.7 Å². The van der Waals surface area contributed by atoms with Crippen LogP contribution in [0.15, 0.2) is 24.3 Å². The van der Waals surface area contributed by atoms with Crippen LogP contribution < -0.4 is 5.32 Å². The van der Waals surface area contributed by atoms with Crippen LogP contribution in [0.3, 0.4) is 0 Å². The summed E-state index contributed by atoms with van der Waals surface area (Å²) in [6, 6.07) is 7.24. The Hall–Kier alpha value is -1.88. The van der Waals surface area contributed by atoms with Crippen LogP contribution in [0.2, 0.25) is 0 Å². The molecule has 0 radical (unpaired) electrons. The Kier molecular flexibility index (Phi) is 5.77. The van der Waals surface area contributed by atoms with Crippen molar-refractivity contribution in [3.63, 3.8) is 0 Å². The molecule has 1 amide bonds. The highest BCUT2D eigenvalue weighted by Crippen LogP contribution is 2.28. The Labute approximate surface area is 137 Å². The minimum absolute atomic E-state index is 0.260. The molecule has 0 aromatic heterocycles. The smallest absolute Gasteiger partial charge is 0.339 e. The largest absolute Gasteiger partial charge is 0.445 e. The molecule has 1 aliphatic heterocycles. The Morgan fingerprint density at radius 2 is 2.13 bits per heavy atom. The highest BCUT2D eigenvalue weighted by molar-refractivity contribution is 5.97. The van der Waals surface area contributed by atoms with Crippen LogP contribution in [0.1, 0.15) is 43.1 Å². The van der Waals surface area contributed by atoms with E-state index in [2.05, 4.69) is 19.2 Å². The van der Waals surface area contributed by atoms with Crippen LogP contribution in [0, 0.1) is 5.92 Å². The lowest BCUT2D eigenvalue weighted by atomic mass is 9.89. The number of fused-ring (bicyclic) bond motifs is 1. The van der Waals surface area contributed by atoms with Gasteiger partial charge in [0.2, 0.25) is 0 Å². The van der Waals surface area contributed by atoms with E-state index in [1.165, 1.54) is 0 Å². The second-order valence-electron chi connectivity index (χ2n) is 6.53. The van der Waals surface area contributed by atoms with E-state index in [4.69, 9.17) is 9.47 Å². The maximum Gasteiger partial charge on any atom is 0.339 e. The molecule has 1 N–H and O–H groups in total. The van der Waals surface area contributed by atoms with E-state index in [0.717, 1.165) is 18.6 Å². The van der Waals surface area contributed by atoms with Gasteiger partial charge in [0.05, 0.1) is 5.56 Å². The summed E-state index contributed by atoms with van der Waals surface area (Å²) in [6.07, 6.45) is 1.13. The van der Waals surface area contributed by atoms with Gasteiger partial charge in [0.15, 0.2) is 5.60 Å². The van der Waals surface area contributed by atoms with Crippen molar-refractivity contribution >= 4 is 11.9 Å². The highest BCUT2D eigenvalue weighted by atomic mass is 16.6. The van der Waals surface area contributed by atoms with Crippen LogP contribution in [0.25, 0.3) is 0 Å². The zero-order chi connectivity index (χ0) is 16.9. The lowest BCUT2D eigenvalue weighted by Gasteiger charge is -2.33. The third-order valence-corrected chi connectivity index (χ3v) is 3.77. The van der Waals surface area contributed by atoms with Crippen molar-refractivity contribution in [3.8, 4) is 0 Å². The Morgan fingerprint density at radius 1 is 1.39 bits per heavy atom. The average Bonchev–Trinajstić information content (AvgIpc) is 2.50. The molecule has 1 heterocycles. The SMILES string of the molecule is CC(C)COCCCNC(=O)C1(C)Cc2ccccc2C(=O)O1. The van der Waals surface area contributed by atoms with Crippen LogP contribution >= 0.6 is 0 Å². The van der Waals surface area contributed by atoms with E-state index >= 15 is 0 Å². The standard InChI is InChI=1S/C18H25NO4/c1-13(2)12-22-10-6-9-19-17(21)18(3)11-14-7-4-5-8-15(14)16(20)23-18/h4-5,7-8,13H,6,9-12H2,1-3H3,(H,19,21). The minimum atomic E-state index is -1.15. The molecule has 5 nitrogen and oxygen atoms in total. The van der Waals surface area contributed by atoms with Crippen molar-refractivity contribution in [1.82, 2.24) is 5.32 Å². The van der Waals surface area contributed by atoms with Gasteiger partial charge in [-0.15, -0.1) is 0 Å². The zero-order valence-electron chi connectivity index (χ0n) is 14.1. The number of amides is 1.